The third kappa shape index (κ3) is 4.25. The number of rotatable bonds is 5. The van der Waals surface area contributed by atoms with E-state index in [4.69, 9.17) is 14.7 Å². The van der Waals surface area contributed by atoms with E-state index in [1.807, 2.05) is 13.0 Å². The number of aromatic amines is 2. The van der Waals surface area contributed by atoms with Crippen LogP contribution >= 0.6 is 0 Å². The van der Waals surface area contributed by atoms with Gasteiger partial charge in [0.25, 0.3) is 0 Å². The number of nitrogens with one attached hydrogen (secondary N) is 2. The number of hydrogen-bond acceptors (Lipinski definition) is 5. The molecule has 0 spiro atoms. The number of carbonyl (C=O) groups excluding carboxylic acids is 1. The molecule has 3 N–H and O–H groups in total. The minimum Gasteiger partial charge on any atom is -0.469 e. The maximum Gasteiger partial charge on any atom is 0.305 e. The lowest BCUT2D eigenvalue weighted by atomic mass is 9.85. The molecular weight excluding hydrogens is 524 g/mol. The molecule has 8 bridgehead atoms. The molecule has 0 unspecified atom stereocenters. The maximum absolute atomic E-state index is 12.2. The molecule has 0 saturated heterocycles. The Labute approximate surface area is 246 Å². The minimum atomic E-state index is -1.06. The zero-order valence-corrected chi connectivity index (χ0v) is 25.7. The summed E-state index contributed by atoms with van der Waals surface area (Å²) in [6, 6.07) is 6.42. The number of nitrogens with zero attached hydrogens (tertiary/aromatic N) is 2. The highest BCUT2D eigenvalue weighted by Gasteiger charge is 2.44. The topological polar surface area (TPSA) is 104 Å². The number of hydrogen-bond donors (Lipinski definition) is 3. The summed E-state index contributed by atoms with van der Waals surface area (Å²) >= 11 is 0. The summed E-state index contributed by atoms with van der Waals surface area (Å²) in [6.45, 7) is 16.6. The van der Waals surface area contributed by atoms with Crippen molar-refractivity contribution in [1.82, 2.24) is 19.9 Å². The molecule has 6 rings (SSSR count). The van der Waals surface area contributed by atoms with Crippen LogP contribution < -0.4 is 0 Å². The fourth-order valence-corrected chi connectivity index (χ4v) is 7.30. The molecule has 2 aliphatic heterocycles. The Balaban J connectivity index is 1.76. The smallest absolute Gasteiger partial charge is 0.305 e. The van der Waals surface area contributed by atoms with Crippen LogP contribution in [0.5, 0.6) is 0 Å². The van der Waals surface area contributed by atoms with E-state index in [1.165, 1.54) is 18.2 Å². The van der Waals surface area contributed by atoms with Gasteiger partial charge in [-0.05, 0) is 81.0 Å². The molecule has 0 fully saturated rings. The zero-order valence-electron chi connectivity index (χ0n) is 25.7. The lowest BCUT2D eigenvalue weighted by Crippen LogP contribution is -2.23. The SMILES string of the molecule is C=Cc1c(C)c2cc3nc(c4c5nc(cc6[nH]c(cc1[nH]2)c(C)c6CC)C(C)=C5[C@@](C)(O)C4)[C@@H](CCC(=O)OC)[C@@H]3C. The quantitative estimate of drug-likeness (QED) is 0.284. The third-order valence-electron chi connectivity index (χ3n) is 9.68. The highest BCUT2D eigenvalue weighted by Crippen LogP contribution is 2.50. The monoisotopic (exact) mass is 564 g/mol. The van der Waals surface area contributed by atoms with Crippen LogP contribution in [0.25, 0.3) is 39.3 Å². The number of aryl methyl sites for hydroxylation is 3. The summed E-state index contributed by atoms with van der Waals surface area (Å²) in [4.78, 5) is 29.9. The summed E-state index contributed by atoms with van der Waals surface area (Å²) in [5, 5.41) is 11.7. The molecule has 0 amide bonds. The van der Waals surface area contributed by atoms with E-state index in [-0.39, 0.29) is 17.8 Å². The second-order valence-corrected chi connectivity index (χ2v) is 12.2. The van der Waals surface area contributed by atoms with E-state index in [1.54, 1.807) is 0 Å². The Bertz CT molecular complexity index is 1850. The predicted octanol–water partition coefficient (Wildman–Crippen LogP) is 7.22. The van der Waals surface area contributed by atoms with Crippen LogP contribution in [0.4, 0.5) is 0 Å². The number of H-pyrrole nitrogens is 2. The molecule has 0 saturated carbocycles. The zero-order chi connectivity index (χ0) is 30.1. The van der Waals surface area contributed by atoms with Crippen LogP contribution in [-0.2, 0) is 22.4 Å². The Morgan fingerprint density at radius 3 is 2.52 bits per heavy atom. The molecule has 42 heavy (non-hydrogen) atoms. The molecule has 7 heteroatoms. The lowest BCUT2D eigenvalue weighted by molar-refractivity contribution is -0.140. The first-order chi connectivity index (χ1) is 20.0. The number of ether oxygens (including phenoxy) is 1. The van der Waals surface area contributed by atoms with Gasteiger partial charge in [0.15, 0.2) is 0 Å². The molecule has 5 heterocycles. The molecule has 3 aromatic rings. The third-order valence-corrected chi connectivity index (χ3v) is 9.68. The summed E-state index contributed by atoms with van der Waals surface area (Å²) < 4.78 is 4.99. The molecule has 7 nitrogen and oxygen atoms in total. The standard InChI is InChI=1S/C35H40N4O3/c1-9-21-17(3)25-13-27-19(5)23(11-12-31(40)42-8)33(38-27)24-16-35(7,41)32-20(6)28(39-34(24)32)15-30-22(10-2)18(4)26(37-30)14-29(21)36-25/h9,13-15,19,23,36-37,41H,1,10-12,16H2,2-8H3/t19-,23-,35-/m0/s1. The van der Waals surface area contributed by atoms with Gasteiger partial charge < -0.3 is 19.8 Å². The van der Waals surface area contributed by atoms with E-state index >= 15 is 0 Å². The van der Waals surface area contributed by atoms with E-state index in [0.717, 1.165) is 79.1 Å². The Morgan fingerprint density at radius 2 is 1.83 bits per heavy atom. The van der Waals surface area contributed by atoms with Crippen molar-refractivity contribution < 1.29 is 14.6 Å². The van der Waals surface area contributed by atoms with Gasteiger partial charge in [0.2, 0.25) is 0 Å². The minimum absolute atomic E-state index is 0.00715. The number of aliphatic hydroxyl groups is 1. The van der Waals surface area contributed by atoms with Gasteiger partial charge in [-0.3, -0.25) is 9.78 Å². The van der Waals surface area contributed by atoms with Gasteiger partial charge in [-0.25, -0.2) is 4.98 Å². The van der Waals surface area contributed by atoms with Crippen LogP contribution in [0.15, 0.2) is 24.8 Å². The fraction of sp³-hybridized carbons (Fsp3) is 0.400. The van der Waals surface area contributed by atoms with Crippen molar-refractivity contribution in [3.05, 3.63) is 75.4 Å². The Kier molecular flexibility index (Phi) is 6.76. The second kappa shape index (κ2) is 10.1. The molecule has 3 aromatic heterocycles. The number of allylic oxidation sites excluding steroid dienone is 1. The summed E-state index contributed by atoms with van der Waals surface area (Å²) in [5.41, 5.74) is 14.0. The van der Waals surface area contributed by atoms with Crippen molar-refractivity contribution in [3.63, 3.8) is 0 Å². The molecule has 1 aliphatic carbocycles. The van der Waals surface area contributed by atoms with Crippen LogP contribution in [-0.4, -0.2) is 43.7 Å². The molecule has 3 aliphatic rings. The van der Waals surface area contributed by atoms with Gasteiger partial charge in [-0.2, -0.15) is 0 Å². The van der Waals surface area contributed by atoms with Crippen LogP contribution in [0.3, 0.4) is 0 Å². The highest BCUT2D eigenvalue weighted by molar-refractivity contribution is 5.98. The van der Waals surface area contributed by atoms with Gasteiger partial charge in [-0.1, -0.05) is 26.5 Å². The van der Waals surface area contributed by atoms with Crippen molar-refractivity contribution >= 4 is 45.3 Å². The first-order valence-electron chi connectivity index (χ1n) is 14.9. The number of methoxy groups -OCH3 is 1. The Morgan fingerprint density at radius 1 is 1.12 bits per heavy atom. The molecule has 3 atom stereocenters. The van der Waals surface area contributed by atoms with Gasteiger partial charge in [0.05, 0.1) is 24.1 Å². The first-order valence-corrected chi connectivity index (χ1v) is 14.9. The van der Waals surface area contributed by atoms with E-state index in [9.17, 15) is 9.90 Å². The average Bonchev–Trinajstić information content (AvgIpc) is 3.69. The van der Waals surface area contributed by atoms with Gasteiger partial charge in [0.1, 0.15) is 0 Å². The number of aromatic nitrogens is 4. The van der Waals surface area contributed by atoms with Gasteiger partial charge in [0, 0.05) is 74.8 Å². The van der Waals surface area contributed by atoms with E-state index < -0.39 is 5.60 Å². The van der Waals surface area contributed by atoms with Crippen molar-refractivity contribution in [2.24, 2.45) is 0 Å². The normalized spacial score (nSPS) is 21.2. The van der Waals surface area contributed by atoms with E-state index in [0.29, 0.717) is 19.3 Å². The fourth-order valence-electron chi connectivity index (χ4n) is 7.30. The number of esters is 1. The van der Waals surface area contributed by atoms with E-state index in [2.05, 4.69) is 69.4 Å². The Hall–Kier alpha value is -3.97. The van der Waals surface area contributed by atoms with Crippen LogP contribution in [0, 0.1) is 13.8 Å². The maximum atomic E-state index is 12.2. The molecular formula is C35H40N4O3. The molecule has 218 valence electrons. The molecule has 0 radical (unpaired) electrons. The van der Waals surface area contributed by atoms with Crippen molar-refractivity contribution in [1.29, 1.82) is 0 Å². The second-order valence-electron chi connectivity index (χ2n) is 12.2. The largest absolute Gasteiger partial charge is 0.469 e. The average molecular weight is 565 g/mol. The van der Waals surface area contributed by atoms with Crippen LogP contribution in [0.1, 0.15) is 103 Å². The highest BCUT2D eigenvalue weighted by atomic mass is 16.5. The summed E-state index contributed by atoms with van der Waals surface area (Å²) in [5.74, 6) is -0.178. The molecule has 0 aromatic carbocycles. The predicted molar refractivity (Wildman–Crippen MR) is 169 cm³/mol. The summed E-state index contributed by atoms with van der Waals surface area (Å²) in [6.07, 6.45) is 4.13. The van der Waals surface area contributed by atoms with Crippen LogP contribution in [0.2, 0.25) is 0 Å². The summed E-state index contributed by atoms with van der Waals surface area (Å²) in [7, 11) is 1.43. The number of fused-ring (bicyclic) bond motifs is 8. The lowest BCUT2D eigenvalue weighted by Gasteiger charge is -2.19. The van der Waals surface area contributed by atoms with Gasteiger partial charge in [-0.15, -0.1) is 0 Å². The van der Waals surface area contributed by atoms with Crippen molar-refractivity contribution in [3.8, 4) is 0 Å². The van der Waals surface area contributed by atoms with Crippen molar-refractivity contribution in [2.75, 3.05) is 7.11 Å². The number of carbonyl (C=O) groups is 1. The van der Waals surface area contributed by atoms with Gasteiger partial charge >= 0.3 is 5.97 Å². The van der Waals surface area contributed by atoms with Crippen molar-refractivity contribution in [2.45, 2.75) is 84.7 Å². The first kappa shape index (κ1) is 28.2.